The fourth-order valence-corrected chi connectivity index (χ4v) is 5.40. The lowest BCUT2D eigenvalue weighted by Crippen LogP contribution is -2.37. The maximum atomic E-state index is 12.8. The van der Waals surface area contributed by atoms with Crippen molar-refractivity contribution in [2.24, 2.45) is 5.92 Å². The Morgan fingerprint density at radius 3 is 2.45 bits per heavy atom. The lowest BCUT2D eigenvalue weighted by Gasteiger charge is -2.29. The highest BCUT2D eigenvalue weighted by molar-refractivity contribution is 7.89. The van der Waals surface area contributed by atoms with Gasteiger partial charge in [-0.05, 0) is 55.5 Å². The molecule has 2 aliphatic rings. The third kappa shape index (κ3) is 4.16. The number of rotatable bonds is 4. The Morgan fingerprint density at radius 1 is 1.03 bits per heavy atom. The van der Waals surface area contributed by atoms with Gasteiger partial charge in [0, 0.05) is 24.3 Å². The first kappa shape index (κ1) is 19.9. The molecule has 2 aliphatic heterocycles. The first-order valence-corrected chi connectivity index (χ1v) is 11.5. The monoisotopic (exact) mass is 414 g/mol. The summed E-state index contributed by atoms with van der Waals surface area (Å²) < 4.78 is 32.8. The molecule has 0 bridgehead atoms. The van der Waals surface area contributed by atoms with Crippen molar-refractivity contribution in [1.29, 1.82) is 0 Å². The van der Waals surface area contributed by atoms with Crippen molar-refractivity contribution in [3.8, 4) is 5.75 Å². The van der Waals surface area contributed by atoms with E-state index in [1.54, 1.807) is 28.6 Å². The molecule has 1 atom stereocenters. The van der Waals surface area contributed by atoms with Gasteiger partial charge in [-0.2, -0.15) is 4.31 Å². The maximum absolute atomic E-state index is 12.8. The van der Waals surface area contributed by atoms with Crippen LogP contribution in [0, 0.1) is 5.92 Å². The molecular formula is C22H26N2O4S. The highest BCUT2D eigenvalue weighted by atomic mass is 32.2. The van der Waals surface area contributed by atoms with Crippen LogP contribution in [0.15, 0.2) is 53.4 Å². The molecule has 1 N–H and O–H groups in total. The summed E-state index contributed by atoms with van der Waals surface area (Å²) in [6.45, 7) is 3.77. The van der Waals surface area contributed by atoms with Crippen LogP contribution in [0.4, 0.5) is 5.69 Å². The zero-order valence-corrected chi connectivity index (χ0v) is 17.3. The van der Waals surface area contributed by atoms with E-state index in [4.69, 9.17) is 4.74 Å². The summed E-state index contributed by atoms with van der Waals surface area (Å²) in [5.41, 5.74) is 1.47. The van der Waals surface area contributed by atoms with Crippen LogP contribution in [0.2, 0.25) is 0 Å². The van der Waals surface area contributed by atoms with Crippen molar-refractivity contribution in [3.63, 3.8) is 0 Å². The van der Waals surface area contributed by atoms with E-state index >= 15 is 0 Å². The molecule has 1 fully saturated rings. The highest BCUT2D eigenvalue weighted by Crippen LogP contribution is 2.34. The molecule has 0 aromatic heterocycles. The molecule has 0 radical (unpaired) electrons. The van der Waals surface area contributed by atoms with E-state index in [1.165, 1.54) is 0 Å². The zero-order valence-electron chi connectivity index (χ0n) is 16.5. The summed E-state index contributed by atoms with van der Waals surface area (Å²) in [5, 5.41) is 2.91. The minimum atomic E-state index is -3.49. The molecule has 1 amide bonds. The van der Waals surface area contributed by atoms with Gasteiger partial charge in [0.1, 0.15) is 5.75 Å². The smallest absolute Gasteiger partial charge is 0.243 e. The van der Waals surface area contributed by atoms with Crippen LogP contribution in [0.25, 0.3) is 0 Å². The molecule has 1 saturated heterocycles. The number of ether oxygens (including phenoxy) is 1. The average Bonchev–Trinajstić information content (AvgIpc) is 2.74. The van der Waals surface area contributed by atoms with E-state index in [1.807, 2.05) is 24.3 Å². The van der Waals surface area contributed by atoms with Crippen molar-refractivity contribution < 1.29 is 17.9 Å². The summed E-state index contributed by atoms with van der Waals surface area (Å²) in [7, 11) is -3.49. The Hall–Kier alpha value is -2.38. The SMILES string of the molecule is CC1CCN(S(=O)(=O)c2ccc(NC(=O)C3CCOc4ccccc43)cc2)CC1. The molecule has 4 rings (SSSR count). The van der Waals surface area contributed by atoms with Crippen molar-refractivity contribution in [2.45, 2.75) is 37.0 Å². The molecule has 2 heterocycles. The van der Waals surface area contributed by atoms with Gasteiger partial charge in [-0.15, -0.1) is 0 Å². The van der Waals surface area contributed by atoms with E-state index in [9.17, 15) is 13.2 Å². The number of carbonyl (C=O) groups excluding carboxylic acids is 1. The Bertz CT molecular complexity index is 980. The number of carbonyl (C=O) groups is 1. The number of nitrogens with zero attached hydrogens (tertiary/aromatic N) is 1. The summed E-state index contributed by atoms with van der Waals surface area (Å²) in [5.74, 6) is 0.922. The largest absolute Gasteiger partial charge is 0.493 e. The molecule has 29 heavy (non-hydrogen) atoms. The van der Waals surface area contributed by atoms with Crippen molar-refractivity contribution in [3.05, 3.63) is 54.1 Å². The van der Waals surface area contributed by atoms with Crippen LogP contribution in [-0.2, 0) is 14.8 Å². The van der Waals surface area contributed by atoms with E-state index < -0.39 is 10.0 Å². The molecular weight excluding hydrogens is 388 g/mol. The molecule has 6 nitrogen and oxygen atoms in total. The van der Waals surface area contributed by atoms with Gasteiger partial charge in [0.05, 0.1) is 17.4 Å². The Labute approximate surface area is 171 Å². The lowest BCUT2D eigenvalue weighted by molar-refractivity contribution is -0.118. The maximum Gasteiger partial charge on any atom is 0.243 e. The number of fused-ring (bicyclic) bond motifs is 1. The predicted octanol–water partition coefficient (Wildman–Crippen LogP) is 3.61. The second-order valence-corrected chi connectivity index (χ2v) is 9.77. The van der Waals surface area contributed by atoms with Crippen LogP contribution < -0.4 is 10.1 Å². The van der Waals surface area contributed by atoms with Crippen LogP contribution in [-0.4, -0.2) is 38.3 Å². The second kappa shape index (κ2) is 8.16. The van der Waals surface area contributed by atoms with Crippen LogP contribution in [0.1, 0.15) is 37.7 Å². The average molecular weight is 415 g/mol. The molecule has 0 aliphatic carbocycles. The number of hydrogen-bond acceptors (Lipinski definition) is 4. The number of nitrogens with one attached hydrogen (secondary N) is 1. The molecule has 7 heteroatoms. The number of para-hydroxylation sites is 1. The molecule has 2 aromatic rings. The number of benzene rings is 2. The topological polar surface area (TPSA) is 75.7 Å². The van der Waals surface area contributed by atoms with Crippen molar-refractivity contribution in [1.82, 2.24) is 4.31 Å². The van der Waals surface area contributed by atoms with Crippen LogP contribution in [0.5, 0.6) is 5.75 Å². The van der Waals surface area contributed by atoms with Crippen molar-refractivity contribution >= 4 is 21.6 Å². The number of hydrogen-bond donors (Lipinski definition) is 1. The summed E-state index contributed by atoms with van der Waals surface area (Å²) >= 11 is 0. The second-order valence-electron chi connectivity index (χ2n) is 7.83. The Kier molecular flexibility index (Phi) is 5.61. The lowest BCUT2D eigenvalue weighted by atomic mass is 9.92. The molecule has 0 spiro atoms. The number of anilines is 1. The first-order chi connectivity index (χ1) is 13.9. The Balaban J connectivity index is 1.46. The number of amides is 1. The van der Waals surface area contributed by atoms with Gasteiger partial charge in [0.15, 0.2) is 0 Å². The van der Waals surface area contributed by atoms with Gasteiger partial charge in [-0.1, -0.05) is 25.1 Å². The summed E-state index contributed by atoms with van der Waals surface area (Å²) in [4.78, 5) is 13.1. The highest BCUT2D eigenvalue weighted by Gasteiger charge is 2.29. The minimum absolute atomic E-state index is 0.110. The quantitative estimate of drug-likeness (QED) is 0.829. The zero-order chi connectivity index (χ0) is 20.4. The van der Waals surface area contributed by atoms with Gasteiger partial charge in [-0.3, -0.25) is 4.79 Å². The molecule has 0 saturated carbocycles. The van der Waals surface area contributed by atoms with Gasteiger partial charge >= 0.3 is 0 Å². The van der Waals surface area contributed by atoms with E-state index in [0.717, 1.165) is 24.2 Å². The van der Waals surface area contributed by atoms with E-state index in [-0.39, 0.29) is 16.7 Å². The van der Waals surface area contributed by atoms with Crippen LogP contribution in [0.3, 0.4) is 0 Å². The van der Waals surface area contributed by atoms with Gasteiger partial charge in [-0.25, -0.2) is 8.42 Å². The molecule has 154 valence electrons. The van der Waals surface area contributed by atoms with Gasteiger partial charge in [0.25, 0.3) is 0 Å². The molecule has 1 unspecified atom stereocenters. The van der Waals surface area contributed by atoms with Crippen molar-refractivity contribution in [2.75, 3.05) is 25.0 Å². The van der Waals surface area contributed by atoms with Gasteiger partial charge in [0.2, 0.25) is 15.9 Å². The predicted molar refractivity (Wildman–Crippen MR) is 112 cm³/mol. The fourth-order valence-electron chi connectivity index (χ4n) is 3.93. The summed E-state index contributed by atoms with van der Waals surface area (Å²) in [6.07, 6.45) is 2.39. The molecule has 2 aromatic carbocycles. The number of piperidine rings is 1. The third-order valence-electron chi connectivity index (χ3n) is 5.78. The fraction of sp³-hybridized carbons (Fsp3) is 0.409. The van der Waals surface area contributed by atoms with E-state index in [0.29, 0.717) is 37.7 Å². The first-order valence-electron chi connectivity index (χ1n) is 10.1. The third-order valence-corrected chi connectivity index (χ3v) is 7.69. The minimum Gasteiger partial charge on any atom is -0.493 e. The standard InChI is InChI=1S/C22H26N2O4S/c1-16-10-13-24(14-11-16)29(26,27)18-8-6-17(7-9-18)23-22(25)20-12-15-28-21-5-3-2-4-19(20)21/h2-9,16,20H,10-15H2,1H3,(H,23,25). The van der Waals surface area contributed by atoms with Crippen LogP contribution >= 0.6 is 0 Å². The van der Waals surface area contributed by atoms with E-state index in [2.05, 4.69) is 12.2 Å². The Morgan fingerprint density at radius 2 is 1.72 bits per heavy atom. The normalized spacial score (nSPS) is 20.5. The van der Waals surface area contributed by atoms with Gasteiger partial charge < -0.3 is 10.1 Å². The summed E-state index contributed by atoms with van der Waals surface area (Å²) in [6, 6.07) is 14.0. The number of sulfonamides is 1.